The van der Waals surface area contributed by atoms with Gasteiger partial charge in [0, 0.05) is 28.1 Å². The first-order chi connectivity index (χ1) is 14.6. The summed E-state index contributed by atoms with van der Waals surface area (Å²) in [6.07, 6.45) is -0.477. The first-order valence-corrected chi connectivity index (χ1v) is 11.0. The van der Waals surface area contributed by atoms with Gasteiger partial charge in [0.1, 0.15) is 12.0 Å². The molecule has 0 radical (unpaired) electrons. The Balaban J connectivity index is 1.73. The number of phosphoric acid groups is 1. The molecule has 2 N–H and O–H groups in total. The molecule has 1 fully saturated rings. The maximum atomic E-state index is 12.3. The van der Waals surface area contributed by atoms with Crippen LogP contribution in [0.1, 0.15) is 18.2 Å². The topological polar surface area (TPSA) is 169 Å². The van der Waals surface area contributed by atoms with Crippen molar-refractivity contribution in [2.75, 3.05) is 6.61 Å². The maximum Gasteiger partial charge on any atom is 0.527 e. The Hall–Kier alpha value is -2.30. The third-order valence-corrected chi connectivity index (χ3v) is 5.80. The quantitative estimate of drug-likeness (QED) is 0.259. The number of nitrogens with zero attached hydrogens (tertiary/aromatic N) is 4. The van der Waals surface area contributed by atoms with Crippen LogP contribution < -0.4 is 15.8 Å². The van der Waals surface area contributed by atoms with E-state index in [1.165, 1.54) is 31.3 Å². The summed E-state index contributed by atoms with van der Waals surface area (Å²) in [5, 5.41) is 3.91. The van der Waals surface area contributed by atoms with Crippen molar-refractivity contribution >= 4 is 31.0 Å². The Morgan fingerprint density at radius 2 is 2.19 bits per heavy atom. The fourth-order valence-corrected chi connectivity index (χ4v) is 4.19. The van der Waals surface area contributed by atoms with Crippen LogP contribution >= 0.6 is 31.0 Å². The number of azide groups is 1. The van der Waals surface area contributed by atoms with Gasteiger partial charge in [-0.2, -0.15) is 0 Å². The normalized spacial score (nSPS) is 22.5. The van der Waals surface area contributed by atoms with E-state index in [2.05, 4.69) is 15.0 Å². The first kappa shape index (κ1) is 23.4. The molecule has 1 aliphatic heterocycles. The average Bonchev–Trinajstić information content (AvgIpc) is 3.08. The molecule has 0 bridgehead atoms. The van der Waals surface area contributed by atoms with Gasteiger partial charge >= 0.3 is 13.5 Å². The number of aryl methyl sites for hydroxylation is 1. The van der Waals surface area contributed by atoms with Crippen LogP contribution in [0.25, 0.3) is 10.4 Å². The van der Waals surface area contributed by atoms with E-state index in [0.29, 0.717) is 5.02 Å². The molecule has 1 saturated heterocycles. The number of halogens is 2. The average molecular weight is 492 g/mol. The SMILES string of the molecule is Cc1cn([C@H]2C[C@H](N=[N+]=[N-])[C@@H](COP(=O)(O)Oc3ccc(Cl)cc3Cl)O2)c(=O)[nH]c1=O. The number of ether oxygens (including phenoxy) is 1. The molecule has 2 aromatic rings. The van der Waals surface area contributed by atoms with Gasteiger partial charge in [-0.1, -0.05) is 28.3 Å². The van der Waals surface area contributed by atoms with E-state index >= 15 is 0 Å². The highest BCUT2D eigenvalue weighted by Crippen LogP contribution is 2.47. The highest BCUT2D eigenvalue weighted by atomic mass is 35.5. The molecule has 15 heteroatoms. The number of H-pyrrole nitrogens is 1. The van der Waals surface area contributed by atoms with Crippen LogP contribution in [0.15, 0.2) is 39.1 Å². The predicted octanol–water partition coefficient (Wildman–Crippen LogP) is 3.31. The number of hydrogen-bond acceptors (Lipinski definition) is 7. The fraction of sp³-hybridized carbons (Fsp3) is 0.375. The summed E-state index contributed by atoms with van der Waals surface area (Å²) >= 11 is 11.7. The molecule has 0 saturated carbocycles. The second-order valence-electron chi connectivity index (χ2n) is 6.55. The molecular weight excluding hydrogens is 476 g/mol. The van der Waals surface area contributed by atoms with Crippen LogP contribution in [0.5, 0.6) is 5.75 Å². The molecule has 31 heavy (non-hydrogen) atoms. The van der Waals surface area contributed by atoms with Crippen molar-refractivity contribution in [2.45, 2.75) is 31.7 Å². The molecule has 0 spiro atoms. The number of nitrogens with one attached hydrogen (secondary N) is 1. The molecule has 12 nitrogen and oxygen atoms in total. The number of aromatic amines is 1. The molecule has 1 unspecified atom stereocenters. The summed E-state index contributed by atoms with van der Waals surface area (Å²) in [6.45, 7) is 1.02. The van der Waals surface area contributed by atoms with E-state index in [4.69, 9.17) is 42.5 Å². The van der Waals surface area contributed by atoms with Crippen LogP contribution in [-0.2, 0) is 13.8 Å². The second kappa shape index (κ2) is 9.46. The third kappa shape index (κ3) is 5.69. The van der Waals surface area contributed by atoms with Crippen molar-refractivity contribution < 1.29 is 23.2 Å². The fourth-order valence-electron chi connectivity index (χ4n) is 2.89. The minimum atomic E-state index is -4.63. The molecule has 1 aromatic heterocycles. The summed E-state index contributed by atoms with van der Waals surface area (Å²) in [4.78, 5) is 38.5. The zero-order valence-electron chi connectivity index (χ0n) is 15.8. The molecule has 3 rings (SSSR count). The van der Waals surface area contributed by atoms with Gasteiger partial charge in [-0.25, -0.2) is 9.36 Å². The lowest BCUT2D eigenvalue weighted by Crippen LogP contribution is -2.33. The molecule has 0 aliphatic carbocycles. The lowest BCUT2D eigenvalue weighted by Gasteiger charge is -2.19. The van der Waals surface area contributed by atoms with Crippen molar-refractivity contribution in [1.82, 2.24) is 9.55 Å². The van der Waals surface area contributed by atoms with Crippen molar-refractivity contribution in [3.05, 3.63) is 71.3 Å². The summed E-state index contributed by atoms with van der Waals surface area (Å²) < 4.78 is 29.1. The number of benzene rings is 1. The Morgan fingerprint density at radius 3 is 2.87 bits per heavy atom. The number of aromatic nitrogens is 2. The lowest BCUT2D eigenvalue weighted by atomic mass is 10.1. The highest BCUT2D eigenvalue weighted by molar-refractivity contribution is 7.47. The van der Waals surface area contributed by atoms with Crippen LogP contribution in [0, 0.1) is 6.92 Å². The van der Waals surface area contributed by atoms with E-state index in [9.17, 15) is 19.0 Å². The van der Waals surface area contributed by atoms with E-state index in [1.807, 2.05) is 0 Å². The Kier molecular flexibility index (Phi) is 7.13. The Labute approximate surface area is 184 Å². The van der Waals surface area contributed by atoms with Crippen LogP contribution in [0.2, 0.25) is 10.0 Å². The van der Waals surface area contributed by atoms with Gasteiger partial charge in [-0.15, -0.1) is 0 Å². The van der Waals surface area contributed by atoms with Gasteiger partial charge in [-0.05, 0) is 30.7 Å². The number of hydrogen-bond donors (Lipinski definition) is 2. The Morgan fingerprint density at radius 1 is 1.45 bits per heavy atom. The second-order valence-corrected chi connectivity index (χ2v) is 8.77. The molecule has 0 amide bonds. The van der Waals surface area contributed by atoms with Gasteiger partial charge in [0.05, 0.1) is 23.8 Å². The highest BCUT2D eigenvalue weighted by Gasteiger charge is 2.38. The van der Waals surface area contributed by atoms with E-state index in [0.717, 1.165) is 4.57 Å². The lowest BCUT2D eigenvalue weighted by molar-refractivity contribution is -0.0263. The van der Waals surface area contributed by atoms with Gasteiger partial charge in [0.15, 0.2) is 0 Å². The number of phosphoric ester groups is 1. The summed E-state index contributed by atoms with van der Waals surface area (Å²) in [5.74, 6) is -0.121. The molecule has 1 aliphatic rings. The van der Waals surface area contributed by atoms with Crippen LogP contribution in [-0.4, -0.2) is 33.2 Å². The molecular formula is C16H16Cl2N5O7P. The Bertz CT molecular complexity index is 1200. The monoisotopic (exact) mass is 491 g/mol. The first-order valence-electron chi connectivity index (χ1n) is 8.73. The van der Waals surface area contributed by atoms with E-state index in [1.54, 1.807) is 0 Å². The minimum Gasteiger partial charge on any atom is -0.403 e. The molecule has 2 heterocycles. The minimum absolute atomic E-state index is 0.00216. The van der Waals surface area contributed by atoms with Gasteiger partial charge in [0.2, 0.25) is 0 Å². The number of rotatable bonds is 7. The van der Waals surface area contributed by atoms with Crippen molar-refractivity contribution in [2.24, 2.45) is 5.11 Å². The largest absolute Gasteiger partial charge is 0.527 e. The predicted molar refractivity (Wildman–Crippen MR) is 110 cm³/mol. The van der Waals surface area contributed by atoms with Crippen molar-refractivity contribution in [3.63, 3.8) is 0 Å². The van der Waals surface area contributed by atoms with E-state index in [-0.39, 0.29) is 22.8 Å². The van der Waals surface area contributed by atoms with Gasteiger partial charge in [0.25, 0.3) is 5.56 Å². The summed E-state index contributed by atoms with van der Waals surface area (Å²) in [7, 11) is -4.63. The zero-order chi connectivity index (χ0) is 22.8. The standard InChI is InChI=1S/C16H16Cl2N5O7P/c1-8-6-23(16(25)20-15(8)24)14-5-11(21-22-19)13(29-14)7-28-31(26,27)30-12-3-2-9(17)4-10(12)18/h2-4,6,11,13-14H,5,7H2,1H3,(H,26,27)(H,20,24,25)/t11-,13+,14+/m0/s1. The van der Waals surface area contributed by atoms with E-state index < -0.39 is 44.1 Å². The molecule has 1 aromatic carbocycles. The third-order valence-electron chi connectivity index (χ3n) is 4.37. The van der Waals surface area contributed by atoms with Crippen molar-refractivity contribution in [1.29, 1.82) is 0 Å². The van der Waals surface area contributed by atoms with Crippen LogP contribution in [0.4, 0.5) is 0 Å². The smallest absolute Gasteiger partial charge is 0.403 e. The maximum absolute atomic E-state index is 12.3. The molecule has 166 valence electrons. The van der Waals surface area contributed by atoms with Gasteiger partial charge < -0.3 is 9.26 Å². The summed E-state index contributed by atoms with van der Waals surface area (Å²) in [6, 6.07) is 3.22. The zero-order valence-corrected chi connectivity index (χ0v) is 18.3. The van der Waals surface area contributed by atoms with Gasteiger partial charge in [-0.3, -0.25) is 23.8 Å². The summed E-state index contributed by atoms with van der Waals surface area (Å²) in [5.41, 5.74) is 7.83. The van der Waals surface area contributed by atoms with Crippen molar-refractivity contribution in [3.8, 4) is 5.75 Å². The van der Waals surface area contributed by atoms with Crippen LogP contribution in [0.3, 0.4) is 0 Å². The molecule has 4 atom stereocenters.